The van der Waals surface area contributed by atoms with E-state index < -0.39 is 91.5 Å². The molecule has 0 aliphatic carbocycles. The lowest BCUT2D eigenvalue weighted by atomic mass is 10.0. The van der Waals surface area contributed by atoms with E-state index in [4.69, 9.17) is 32.3 Å². The number of aliphatic hydroxyl groups excluding tert-OH is 2. The number of esters is 3. The maximum absolute atomic E-state index is 13.1. The fourth-order valence-corrected chi connectivity index (χ4v) is 16.0. The number of carbonyl (C=O) groups excluding carboxylic acids is 3. The number of aliphatic hydroxyl groups is 2. The van der Waals surface area contributed by atoms with Crippen molar-refractivity contribution in [3.63, 3.8) is 0 Å². The molecule has 131 heavy (non-hydrogen) atoms. The van der Waals surface area contributed by atoms with E-state index in [9.17, 15) is 43.5 Å². The van der Waals surface area contributed by atoms with Gasteiger partial charge in [0.2, 0.25) is 0 Å². The van der Waals surface area contributed by atoms with E-state index in [2.05, 4.69) is 215 Å². The summed E-state index contributed by atoms with van der Waals surface area (Å²) >= 11 is 0. The summed E-state index contributed by atoms with van der Waals surface area (Å²) in [6, 6.07) is 0. The number of hydrogen-bond acceptors (Lipinski definition) is 14. The standard InChI is InChI=1S/C113H192O16P2/c1-4-7-10-13-16-19-22-25-28-31-34-37-40-43-45-47-49-51-53-55-57-59-61-64-66-69-72-75-78-81-84-87-90-93-96-99-111(116)123-102-108(114)103-125-130(119,120)126-104-109(115)105-127-131(121,122)128-107-110(129-113(118)101-98-95-92-89-86-83-80-77-74-71-68-63-42-39-36-33-30-27-24-21-18-15-12-9-6-3)106-124-112(117)100-97-94-91-88-85-82-79-76-73-70-67-65-62-60-58-56-54-52-50-48-46-44-41-38-35-32-29-26-23-20-17-14-11-8-5-2/h7-8,10-11,16-21,25-30,34-39,43-46,49-52,63,68,108-110,114-115H,4-6,9,12-15,22-24,31-33,40-42,47-48,53-62,64-67,69-107H2,1-3H3,(H,119,120)(H,121,122)/b10-7-,11-8-,19-16-,20-17-,21-18-,28-25-,29-26-,30-27-,37-34-,38-35-,39-36-,45-43-,46-44-,51-49-,52-50-,68-63-. The highest BCUT2D eigenvalue weighted by Crippen LogP contribution is 2.45. The zero-order valence-corrected chi connectivity index (χ0v) is 85.0. The van der Waals surface area contributed by atoms with Crippen LogP contribution in [-0.4, -0.2) is 95.9 Å². The second kappa shape index (κ2) is 103. The van der Waals surface area contributed by atoms with Gasteiger partial charge in [0.1, 0.15) is 25.4 Å². The lowest BCUT2D eigenvalue weighted by Gasteiger charge is -2.21. The van der Waals surface area contributed by atoms with Gasteiger partial charge in [-0.3, -0.25) is 32.5 Å². The summed E-state index contributed by atoms with van der Waals surface area (Å²) in [7, 11) is -9.82. The molecule has 16 nitrogen and oxygen atoms in total. The fraction of sp³-hybridized carbons (Fsp3) is 0.690. The number of hydrogen-bond donors (Lipinski definition) is 4. The zero-order valence-electron chi connectivity index (χ0n) is 83.2. The minimum atomic E-state index is -4.95. The van der Waals surface area contributed by atoms with Gasteiger partial charge in [-0.25, -0.2) is 9.13 Å². The maximum Gasteiger partial charge on any atom is 0.472 e. The molecule has 0 saturated heterocycles. The lowest BCUT2D eigenvalue weighted by molar-refractivity contribution is -0.161. The molecule has 0 radical (unpaired) electrons. The number of unbranched alkanes of at least 4 members (excludes halogenated alkanes) is 44. The lowest BCUT2D eigenvalue weighted by Crippen LogP contribution is -2.30. The van der Waals surface area contributed by atoms with Gasteiger partial charge >= 0.3 is 33.6 Å². The van der Waals surface area contributed by atoms with Gasteiger partial charge in [-0.05, 0) is 167 Å². The Labute approximate surface area is 801 Å². The summed E-state index contributed by atoms with van der Waals surface area (Å²) in [5, 5.41) is 20.8. The molecule has 0 spiro atoms. The van der Waals surface area contributed by atoms with Crippen LogP contribution in [0.25, 0.3) is 0 Å². The maximum atomic E-state index is 13.1. The zero-order chi connectivity index (χ0) is 95.0. The van der Waals surface area contributed by atoms with Crippen LogP contribution in [0, 0.1) is 0 Å². The molecule has 0 aliphatic heterocycles. The molecule has 0 aromatic heterocycles. The van der Waals surface area contributed by atoms with Gasteiger partial charge in [0, 0.05) is 19.3 Å². The summed E-state index contributed by atoms with van der Waals surface area (Å²) in [5.41, 5.74) is 0. The van der Waals surface area contributed by atoms with E-state index in [1.165, 1.54) is 218 Å². The van der Waals surface area contributed by atoms with Gasteiger partial charge in [0.05, 0.1) is 26.4 Å². The summed E-state index contributed by atoms with van der Waals surface area (Å²) in [5.74, 6) is -1.57. The summed E-state index contributed by atoms with van der Waals surface area (Å²) in [4.78, 5) is 59.3. The van der Waals surface area contributed by atoms with Crippen LogP contribution >= 0.6 is 15.6 Å². The number of phosphoric ester groups is 2. The van der Waals surface area contributed by atoms with Crippen molar-refractivity contribution >= 4 is 33.6 Å². The third kappa shape index (κ3) is 105. The number of rotatable bonds is 99. The van der Waals surface area contributed by atoms with Crippen LogP contribution in [0.5, 0.6) is 0 Å². The number of phosphoric acid groups is 2. The van der Waals surface area contributed by atoms with E-state index in [-0.39, 0.29) is 19.3 Å². The first-order valence-corrected chi connectivity index (χ1v) is 55.7. The van der Waals surface area contributed by atoms with Crippen LogP contribution < -0.4 is 0 Å². The van der Waals surface area contributed by atoms with Gasteiger partial charge in [0.15, 0.2) is 6.10 Å². The summed E-state index contributed by atoms with van der Waals surface area (Å²) in [6.07, 6.45) is 139. The first-order valence-electron chi connectivity index (χ1n) is 52.7. The molecule has 0 saturated carbocycles. The smallest absolute Gasteiger partial charge is 0.463 e. The summed E-state index contributed by atoms with van der Waals surface area (Å²) in [6.45, 7) is 2.49. The van der Waals surface area contributed by atoms with Gasteiger partial charge in [-0.2, -0.15) is 0 Å². The van der Waals surface area contributed by atoms with Crippen molar-refractivity contribution in [2.75, 3.05) is 39.6 Å². The van der Waals surface area contributed by atoms with E-state index in [0.29, 0.717) is 19.3 Å². The van der Waals surface area contributed by atoms with Crippen molar-refractivity contribution in [1.29, 1.82) is 0 Å². The largest absolute Gasteiger partial charge is 0.472 e. The normalized spacial score (nSPS) is 14.4. The van der Waals surface area contributed by atoms with Crippen molar-refractivity contribution in [3.05, 3.63) is 194 Å². The second-order valence-corrected chi connectivity index (χ2v) is 37.8. The van der Waals surface area contributed by atoms with Crippen LogP contribution in [0.15, 0.2) is 194 Å². The Balaban J connectivity index is 4.58. The van der Waals surface area contributed by atoms with Crippen LogP contribution in [0.1, 0.15) is 445 Å². The highest BCUT2D eigenvalue weighted by Gasteiger charge is 2.30. The molecule has 0 rings (SSSR count). The monoisotopic (exact) mass is 1870 g/mol. The first kappa shape index (κ1) is 125. The van der Waals surface area contributed by atoms with Gasteiger partial charge < -0.3 is 34.2 Å². The number of allylic oxidation sites excluding steroid dienone is 32. The van der Waals surface area contributed by atoms with Crippen LogP contribution in [0.3, 0.4) is 0 Å². The molecular weight excluding hydrogens is 1680 g/mol. The van der Waals surface area contributed by atoms with Crippen molar-refractivity contribution in [3.8, 4) is 0 Å². The average Bonchev–Trinajstić information content (AvgIpc) is 0.898. The minimum absolute atomic E-state index is 0.0945. The second-order valence-electron chi connectivity index (χ2n) is 34.9. The third-order valence-corrected chi connectivity index (χ3v) is 24.2. The molecule has 0 amide bonds. The highest BCUT2D eigenvalue weighted by molar-refractivity contribution is 7.47. The third-order valence-electron chi connectivity index (χ3n) is 22.3. The molecule has 0 heterocycles. The highest BCUT2D eigenvalue weighted by atomic mass is 31.2. The van der Waals surface area contributed by atoms with Crippen LogP contribution in [0.4, 0.5) is 0 Å². The Morgan fingerprint density at radius 1 is 0.221 bits per heavy atom. The molecule has 18 heteroatoms. The van der Waals surface area contributed by atoms with E-state index >= 15 is 0 Å². The number of carbonyl (C=O) groups is 3. The van der Waals surface area contributed by atoms with Crippen molar-refractivity contribution in [2.24, 2.45) is 0 Å². The Hall–Kier alpha value is -5.61. The van der Waals surface area contributed by atoms with Crippen LogP contribution in [0.2, 0.25) is 0 Å². The molecule has 0 fully saturated rings. The van der Waals surface area contributed by atoms with Crippen LogP contribution in [-0.2, 0) is 55.8 Å². The van der Waals surface area contributed by atoms with E-state index in [1.807, 2.05) is 0 Å². The molecule has 5 atom stereocenters. The van der Waals surface area contributed by atoms with Gasteiger partial charge in [-0.15, -0.1) is 0 Å². The predicted molar refractivity (Wildman–Crippen MR) is 555 cm³/mol. The molecule has 0 aromatic rings. The van der Waals surface area contributed by atoms with E-state index in [1.54, 1.807) is 0 Å². The Kier molecular flexibility index (Phi) is 98.9. The van der Waals surface area contributed by atoms with Gasteiger partial charge in [-0.1, -0.05) is 453 Å². The molecular formula is C113H192O16P2. The van der Waals surface area contributed by atoms with Gasteiger partial charge in [0.25, 0.3) is 0 Å². The molecule has 750 valence electrons. The van der Waals surface area contributed by atoms with Crippen molar-refractivity contribution < 1.29 is 75.8 Å². The Bertz CT molecular complexity index is 3160. The molecule has 0 aliphatic rings. The first-order chi connectivity index (χ1) is 64.2. The van der Waals surface area contributed by atoms with E-state index in [0.717, 1.165) is 167 Å². The summed E-state index contributed by atoms with van der Waals surface area (Å²) < 4.78 is 61.7. The fourth-order valence-electron chi connectivity index (χ4n) is 14.4. The SMILES string of the molecule is CC/C=C\C/C=C\C/C=C\C/C=C\C/C=C\C/C=C\CCCCCCCCCCCCCCCCCCC(=O)OCC(O)COP(=O)(O)OCC(O)COP(=O)(O)OCC(COC(=O)CCCCCCCCCCCCCCCCCC/C=C\C/C=C\C/C=C\C/C=C\C/C=C\C/C=C\CC)OC(=O)CCCCCCCCCCC/C=C\C/C=C\C/C=C\C/C=C\CCCCC. The predicted octanol–water partition coefficient (Wildman–Crippen LogP) is 33.7. The molecule has 5 unspecified atom stereocenters. The van der Waals surface area contributed by atoms with Crippen molar-refractivity contribution in [1.82, 2.24) is 0 Å². The quantitative estimate of drug-likeness (QED) is 0.0146. The Morgan fingerprint density at radius 3 is 0.641 bits per heavy atom. The molecule has 0 bridgehead atoms. The van der Waals surface area contributed by atoms with Crippen molar-refractivity contribution in [2.45, 2.75) is 463 Å². The Morgan fingerprint density at radius 2 is 0.405 bits per heavy atom. The topological polar surface area (TPSA) is 231 Å². The minimum Gasteiger partial charge on any atom is -0.463 e. The average molecular weight is 1870 g/mol. The number of ether oxygens (including phenoxy) is 3. The molecule has 0 aromatic carbocycles. The molecule has 4 N–H and O–H groups in total.